The van der Waals surface area contributed by atoms with Crippen molar-refractivity contribution in [1.29, 1.82) is 0 Å². The van der Waals surface area contributed by atoms with Crippen molar-refractivity contribution in [1.82, 2.24) is 9.62 Å². The molecule has 3 saturated heterocycles. The van der Waals surface area contributed by atoms with Crippen molar-refractivity contribution in [3.05, 3.63) is 70.5 Å². The molecule has 8 atom stereocenters. The van der Waals surface area contributed by atoms with Gasteiger partial charge in [-0.25, -0.2) is 21.6 Å². The van der Waals surface area contributed by atoms with Crippen LogP contribution in [0.2, 0.25) is 0 Å². The van der Waals surface area contributed by atoms with E-state index in [1.807, 2.05) is 13.8 Å². The summed E-state index contributed by atoms with van der Waals surface area (Å²) in [5.41, 5.74) is 7.39. The van der Waals surface area contributed by atoms with Crippen molar-refractivity contribution < 1.29 is 31.1 Å². The Morgan fingerprint density at radius 1 is 1.05 bits per heavy atom. The molecule has 236 valence electrons. The van der Waals surface area contributed by atoms with Gasteiger partial charge in [-0.3, -0.25) is 4.79 Å². The first-order valence-electron chi connectivity index (χ1n) is 15.3. The second-order valence-corrected chi connectivity index (χ2v) is 14.6. The molecule has 7 nitrogen and oxygen atoms in total. The molecule has 2 unspecified atom stereocenters. The highest BCUT2D eigenvalue weighted by Gasteiger charge is 2.39. The summed E-state index contributed by atoms with van der Waals surface area (Å²) in [5, 5.41) is 3.39. The lowest BCUT2D eigenvalue weighted by Crippen LogP contribution is -2.57. The zero-order valence-corrected chi connectivity index (χ0v) is 25.6. The average molecular weight is 622 g/mol. The average Bonchev–Trinajstić information content (AvgIpc) is 3.07. The number of hydrogen-bond donors (Lipinski definition) is 2. The van der Waals surface area contributed by atoms with Gasteiger partial charge in [-0.15, -0.1) is 0 Å². The number of hydrogen-bond acceptors (Lipinski definition) is 6. The van der Waals surface area contributed by atoms with E-state index in [1.54, 1.807) is 12.1 Å². The minimum absolute atomic E-state index is 0.0295. The standard InChI is InChI=1S/C32H42F3N3O4S/c1-19-14-22(15-20(2)42-19)31(21-5-7-23(33)8-6-21)32(36)30(39)16-27-26(28(34)11-12-29(27)35)10-9-25-17-37-24-4-3-13-43(40,41)38(25)18-24/h5-8,11-12,19-20,22,24-25,31-32,37H,3-4,9-10,13-18,36H2,1-2H3/t19-,20+,22?,24-,25+,31+,32-/m1/s1. The van der Waals surface area contributed by atoms with Crippen LogP contribution in [0.3, 0.4) is 0 Å². The second kappa shape index (κ2) is 13.4. The summed E-state index contributed by atoms with van der Waals surface area (Å²) in [5.74, 6) is -2.60. The lowest BCUT2D eigenvalue weighted by atomic mass is 9.73. The Kier molecular flexibility index (Phi) is 9.97. The molecule has 2 bridgehead atoms. The number of nitrogens with one attached hydrogen (secondary N) is 1. The van der Waals surface area contributed by atoms with Crippen molar-refractivity contribution in [3.8, 4) is 0 Å². The molecule has 0 radical (unpaired) electrons. The van der Waals surface area contributed by atoms with Gasteiger partial charge in [-0.05, 0) is 93.7 Å². The van der Waals surface area contributed by atoms with Gasteiger partial charge in [0.25, 0.3) is 0 Å². The summed E-state index contributed by atoms with van der Waals surface area (Å²) >= 11 is 0. The summed E-state index contributed by atoms with van der Waals surface area (Å²) in [6, 6.07) is 6.65. The predicted molar refractivity (Wildman–Crippen MR) is 159 cm³/mol. The molecule has 0 saturated carbocycles. The fourth-order valence-electron chi connectivity index (χ4n) is 7.35. The SMILES string of the molecule is C[C@@H]1CC([C@H](c2ccc(F)cc2)[C@H](N)C(=O)Cc2c(F)ccc(F)c2CC[C@H]2CN[C@@H]3CCCS(=O)(=O)N2C3)C[C@H](C)O1. The van der Waals surface area contributed by atoms with E-state index < -0.39 is 57.7 Å². The number of ketones is 1. The number of Topliss-reactive ketones (excluding diaryl/α,β-unsaturated/α-hetero) is 1. The lowest BCUT2D eigenvalue weighted by molar-refractivity contribution is -0.121. The normalized spacial score (nSPS) is 30.3. The van der Waals surface area contributed by atoms with Gasteiger partial charge in [-0.1, -0.05) is 12.1 Å². The van der Waals surface area contributed by atoms with Crippen LogP contribution in [0.5, 0.6) is 0 Å². The van der Waals surface area contributed by atoms with E-state index in [0.717, 1.165) is 24.1 Å². The highest BCUT2D eigenvalue weighted by atomic mass is 32.2. The number of fused-ring (bicyclic) bond motifs is 2. The second-order valence-electron chi connectivity index (χ2n) is 12.5. The summed E-state index contributed by atoms with van der Waals surface area (Å²) in [6.07, 6.45) is 2.51. The molecule has 2 aromatic rings. The van der Waals surface area contributed by atoms with E-state index in [1.165, 1.54) is 16.4 Å². The molecule has 0 aliphatic carbocycles. The fourth-order valence-corrected chi connectivity index (χ4v) is 9.16. The van der Waals surface area contributed by atoms with Gasteiger partial charge in [0.05, 0.1) is 24.0 Å². The first kappa shape index (κ1) is 32.1. The Morgan fingerprint density at radius 3 is 2.37 bits per heavy atom. The monoisotopic (exact) mass is 621 g/mol. The molecule has 0 amide bonds. The number of benzene rings is 2. The summed E-state index contributed by atoms with van der Waals surface area (Å²) in [7, 11) is -3.44. The van der Waals surface area contributed by atoms with Crippen molar-refractivity contribution in [2.75, 3.05) is 18.8 Å². The number of piperazine rings is 1. The van der Waals surface area contributed by atoms with Crippen LogP contribution in [0.15, 0.2) is 36.4 Å². The third-order valence-electron chi connectivity index (χ3n) is 9.41. The molecule has 5 rings (SSSR count). The van der Waals surface area contributed by atoms with E-state index in [9.17, 15) is 17.6 Å². The van der Waals surface area contributed by atoms with E-state index in [-0.39, 0.29) is 53.9 Å². The molecule has 3 aliphatic heterocycles. The van der Waals surface area contributed by atoms with E-state index in [4.69, 9.17) is 10.5 Å². The van der Waals surface area contributed by atoms with Crippen molar-refractivity contribution >= 4 is 15.8 Å². The number of nitrogens with zero attached hydrogens (tertiary/aromatic N) is 1. The van der Waals surface area contributed by atoms with Crippen LogP contribution in [-0.4, -0.2) is 67.7 Å². The van der Waals surface area contributed by atoms with Crippen LogP contribution >= 0.6 is 0 Å². The molecule has 2 aromatic carbocycles. The minimum atomic E-state index is -3.44. The molecule has 0 spiro atoms. The van der Waals surface area contributed by atoms with Crippen LogP contribution < -0.4 is 11.1 Å². The van der Waals surface area contributed by atoms with Gasteiger partial charge in [0.2, 0.25) is 10.0 Å². The van der Waals surface area contributed by atoms with Crippen LogP contribution in [-0.2, 0) is 32.4 Å². The van der Waals surface area contributed by atoms with Crippen molar-refractivity contribution in [3.63, 3.8) is 0 Å². The minimum Gasteiger partial charge on any atom is -0.376 e. The largest absolute Gasteiger partial charge is 0.376 e. The molecule has 3 fully saturated rings. The lowest BCUT2D eigenvalue weighted by Gasteiger charge is -2.39. The van der Waals surface area contributed by atoms with E-state index in [0.29, 0.717) is 32.4 Å². The number of rotatable bonds is 9. The van der Waals surface area contributed by atoms with Gasteiger partial charge in [0.1, 0.15) is 17.5 Å². The quantitative estimate of drug-likeness (QED) is 0.435. The molecular weight excluding hydrogens is 579 g/mol. The molecule has 43 heavy (non-hydrogen) atoms. The molecule has 3 aliphatic rings. The van der Waals surface area contributed by atoms with E-state index >= 15 is 8.78 Å². The number of nitrogens with two attached hydrogens (primary N) is 1. The van der Waals surface area contributed by atoms with E-state index in [2.05, 4.69) is 5.32 Å². The first-order chi connectivity index (χ1) is 20.4. The maximum absolute atomic E-state index is 15.3. The van der Waals surface area contributed by atoms with Gasteiger partial charge in [-0.2, -0.15) is 4.31 Å². The third kappa shape index (κ3) is 7.33. The maximum atomic E-state index is 15.3. The summed E-state index contributed by atoms with van der Waals surface area (Å²) in [4.78, 5) is 13.8. The van der Waals surface area contributed by atoms with Gasteiger partial charge in [0, 0.05) is 43.1 Å². The zero-order chi connectivity index (χ0) is 30.9. The molecular formula is C32H42F3N3O4S. The highest BCUT2D eigenvalue weighted by molar-refractivity contribution is 7.89. The number of halogens is 3. The zero-order valence-electron chi connectivity index (χ0n) is 24.8. The predicted octanol–water partition coefficient (Wildman–Crippen LogP) is 4.23. The Morgan fingerprint density at radius 2 is 1.70 bits per heavy atom. The number of carbonyl (C=O) groups excluding carboxylic acids is 1. The molecule has 0 aromatic heterocycles. The van der Waals surface area contributed by atoms with Crippen LogP contribution in [0.4, 0.5) is 13.2 Å². The first-order valence-corrected chi connectivity index (χ1v) is 16.9. The van der Waals surface area contributed by atoms with Crippen LogP contribution in [0, 0.1) is 23.4 Å². The van der Waals surface area contributed by atoms with Crippen molar-refractivity contribution in [2.45, 2.75) is 95.0 Å². The Labute approximate surface area is 252 Å². The molecule has 3 N–H and O–H groups in total. The summed E-state index contributed by atoms with van der Waals surface area (Å²) in [6.45, 7) is 4.73. The number of sulfonamides is 1. The Bertz CT molecular complexity index is 1400. The van der Waals surface area contributed by atoms with Gasteiger partial charge in [0.15, 0.2) is 5.78 Å². The number of carbonyl (C=O) groups is 1. The van der Waals surface area contributed by atoms with Gasteiger partial charge < -0.3 is 15.8 Å². The van der Waals surface area contributed by atoms with Crippen molar-refractivity contribution in [2.24, 2.45) is 11.7 Å². The molecule has 11 heteroatoms. The topological polar surface area (TPSA) is 102 Å². The highest BCUT2D eigenvalue weighted by Crippen LogP contribution is 2.39. The maximum Gasteiger partial charge on any atom is 0.214 e. The van der Waals surface area contributed by atoms with Crippen LogP contribution in [0.1, 0.15) is 68.6 Å². The smallest absolute Gasteiger partial charge is 0.214 e. The Hall–Kier alpha value is -2.31. The summed E-state index contributed by atoms with van der Waals surface area (Å²) < 4.78 is 77.5. The number of ether oxygens (including phenoxy) is 1. The Balaban J connectivity index is 1.37. The third-order valence-corrected chi connectivity index (χ3v) is 11.4. The fraction of sp³-hybridized carbons (Fsp3) is 0.594. The van der Waals surface area contributed by atoms with Crippen LogP contribution in [0.25, 0.3) is 0 Å². The van der Waals surface area contributed by atoms with Gasteiger partial charge >= 0.3 is 0 Å². The molecule has 3 heterocycles.